The predicted molar refractivity (Wildman–Crippen MR) is 236 cm³/mol. The van der Waals surface area contributed by atoms with Gasteiger partial charge in [-0.05, 0) is 48.5 Å². The lowest BCUT2D eigenvalue weighted by molar-refractivity contribution is 0.0696. The van der Waals surface area contributed by atoms with Crippen molar-refractivity contribution >= 4 is 71.3 Å². The molecule has 0 aliphatic heterocycles. The Labute approximate surface area is 365 Å². The summed E-state index contributed by atoms with van der Waals surface area (Å²) < 4.78 is 62.2. The number of benzene rings is 2. The monoisotopic (exact) mass is 946 g/mol. The number of nitrogens with two attached hydrogens (primary N) is 1. The number of carbonyl (C=O) groups is 2. The first-order chi connectivity index (χ1) is 28.4. The minimum atomic E-state index is -4.02. The largest absolute Gasteiger partial charge is 0.480 e. The molecule has 61 heavy (non-hydrogen) atoms. The molecule has 0 unspecified atom stereocenters. The molecule has 17 nitrogen and oxygen atoms in total. The van der Waals surface area contributed by atoms with Crippen molar-refractivity contribution in [3.8, 4) is 23.4 Å². The maximum atomic E-state index is 12.4. The summed E-state index contributed by atoms with van der Waals surface area (Å²) >= 11 is 12.0. The fourth-order valence-corrected chi connectivity index (χ4v) is 7.64. The van der Waals surface area contributed by atoms with Crippen molar-refractivity contribution in [1.82, 2.24) is 34.3 Å². The molecule has 0 aliphatic carbocycles. The summed E-state index contributed by atoms with van der Waals surface area (Å²) in [5, 5.41) is 22.1. The van der Waals surface area contributed by atoms with E-state index in [-0.39, 0.29) is 31.2 Å². The van der Waals surface area contributed by atoms with Gasteiger partial charge in [-0.15, -0.1) is 10.2 Å². The number of hydrogen-bond acceptors (Lipinski definition) is 12. The van der Waals surface area contributed by atoms with Crippen molar-refractivity contribution in [2.75, 3.05) is 12.5 Å². The van der Waals surface area contributed by atoms with Gasteiger partial charge in [-0.25, -0.2) is 50.8 Å². The highest BCUT2D eigenvalue weighted by Crippen LogP contribution is 2.20. The second kappa shape index (κ2) is 20.4. The molecule has 0 spiro atoms. The molecule has 4 N–H and O–H groups in total. The van der Waals surface area contributed by atoms with E-state index in [1.54, 1.807) is 67.0 Å². The summed E-state index contributed by atoms with van der Waals surface area (Å²) in [6.07, 6.45) is 4.67. The molecule has 6 rings (SSSR count). The highest BCUT2D eigenvalue weighted by Gasteiger charge is 2.22. The van der Waals surface area contributed by atoms with Gasteiger partial charge in [0.25, 0.3) is 15.9 Å². The smallest absolute Gasteiger partial charge is 0.338 e. The molecular weight excluding hydrogens is 904 g/mol. The zero-order chi connectivity index (χ0) is 45.2. The average molecular weight is 948 g/mol. The molecule has 6 aromatic rings. The lowest BCUT2D eigenvalue weighted by Gasteiger charge is -2.14. The molecule has 0 saturated carbocycles. The van der Waals surface area contributed by atoms with Gasteiger partial charge in [-0.1, -0.05) is 98.9 Å². The van der Waals surface area contributed by atoms with E-state index in [0.29, 0.717) is 35.9 Å². The highest BCUT2D eigenvalue weighted by atomic mass is 35.5. The van der Waals surface area contributed by atoms with Gasteiger partial charge >= 0.3 is 5.97 Å². The van der Waals surface area contributed by atoms with Gasteiger partial charge in [0.05, 0.1) is 49.5 Å². The average Bonchev–Trinajstić information content (AvgIpc) is 3.87. The van der Waals surface area contributed by atoms with E-state index in [1.165, 1.54) is 51.8 Å². The number of carboxylic acid groups (broad SMARTS) is 1. The SMILES string of the molecule is C[Si](C)(C)COc1ccn(-c2ccc(C(=O)NS(=O)(=O)c3ccccc3)c(Cl)n2)n1.C[Si](C)(C)COc1ccn(-c2ccc(C(=O)O)c(Cl)n2)n1.NS(=O)(=O)c1ccccc1. The number of ether oxygens (including phenoxy) is 2. The molecule has 0 atom stereocenters. The van der Waals surface area contributed by atoms with Crippen LogP contribution in [0.15, 0.2) is 119 Å². The Bertz CT molecular complexity index is 2680. The summed E-state index contributed by atoms with van der Waals surface area (Å²) in [5.41, 5.74) is -0.106. The lowest BCUT2D eigenvalue weighted by Crippen LogP contribution is -2.31. The molecule has 4 aromatic heterocycles. The van der Waals surface area contributed by atoms with Crippen LogP contribution in [-0.2, 0) is 20.0 Å². The van der Waals surface area contributed by atoms with Gasteiger partial charge in [0.2, 0.25) is 21.8 Å². The predicted octanol–water partition coefficient (Wildman–Crippen LogP) is 6.50. The van der Waals surface area contributed by atoms with Gasteiger partial charge in [-0.2, -0.15) is 0 Å². The first-order valence-electron chi connectivity index (χ1n) is 18.1. The van der Waals surface area contributed by atoms with Crippen molar-refractivity contribution in [1.29, 1.82) is 0 Å². The van der Waals surface area contributed by atoms with E-state index in [2.05, 4.69) is 59.4 Å². The van der Waals surface area contributed by atoms with Gasteiger partial charge in [-0.3, -0.25) is 4.79 Å². The molecule has 0 bridgehead atoms. The zero-order valence-electron chi connectivity index (χ0n) is 33.9. The van der Waals surface area contributed by atoms with Crippen LogP contribution in [-0.4, -0.2) is 92.0 Å². The van der Waals surface area contributed by atoms with Gasteiger partial charge in [0, 0.05) is 24.5 Å². The van der Waals surface area contributed by atoms with E-state index in [0.717, 1.165) is 0 Å². The summed E-state index contributed by atoms with van der Waals surface area (Å²) in [7, 11) is -10.2. The van der Waals surface area contributed by atoms with Crippen molar-refractivity contribution in [3.63, 3.8) is 0 Å². The molecular formula is C38H44Cl2N8O9S2Si2. The molecule has 2 aromatic carbocycles. The Morgan fingerprint density at radius 1 is 0.656 bits per heavy atom. The number of nitrogens with zero attached hydrogens (tertiary/aromatic N) is 6. The van der Waals surface area contributed by atoms with Crippen LogP contribution in [0.4, 0.5) is 0 Å². The summed E-state index contributed by atoms with van der Waals surface area (Å²) in [6.45, 7) is 13.2. The molecule has 23 heteroatoms. The molecule has 0 aliphatic rings. The molecule has 4 heterocycles. The van der Waals surface area contributed by atoms with Gasteiger partial charge < -0.3 is 14.6 Å². The number of halogens is 2. The quantitative estimate of drug-likeness (QED) is 0.0828. The van der Waals surface area contributed by atoms with Crippen LogP contribution in [0.25, 0.3) is 11.6 Å². The van der Waals surface area contributed by atoms with Crippen LogP contribution in [0.2, 0.25) is 49.6 Å². The van der Waals surface area contributed by atoms with Crippen LogP contribution in [0.3, 0.4) is 0 Å². The fraction of sp³-hybridized carbons (Fsp3) is 0.211. The van der Waals surface area contributed by atoms with Crippen LogP contribution in [0.5, 0.6) is 11.8 Å². The van der Waals surface area contributed by atoms with E-state index < -0.39 is 48.1 Å². The third kappa shape index (κ3) is 15.2. The normalized spacial score (nSPS) is 11.6. The van der Waals surface area contributed by atoms with E-state index in [1.807, 2.05) is 4.72 Å². The maximum Gasteiger partial charge on any atom is 0.338 e. The number of pyridine rings is 2. The molecule has 324 valence electrons. The first kappa shape index (κ1) is 48.2. The highest BCUT2D eigenvalue weighted by molar-refractivity contribution is 7.90. The zero-order valence-corrected chi connectivity index (χ0v) is 39.0. The van der Waals surface area contributed by atoms with Crippen LogP contribution < -0.4 is 19.3 Å². The van der Waals surface area contributed by atoms with Crippen molar-refractivity contribution in [3.05, 3.63) is 131 Å². The van der Waals surface area contributed by atoms with Crippen molar-refractivity contribution in [2.45, 2.75) is 49.1 Å². The number of aromatic carboxylic acids is 1. The number of hydrogen-bond donors (Lipinski definition) is 3. The molecule has 0 fully saturated rings. The van der Waals surface area contributed by atoms with Crippen LogP contribution >= 0.6 is 23.2 Å². The number of carbonyl (C=O) groups excluding carboxylic acids is 1. The van der Waals surface area contributed by atoms with Gasteiger partial charge in [0.1, 0.15) is 10.3 Å². The number of aromatic nitrogens is 6. The van der Waals surface area contributed by atoms with Crippen molar-refractivity contribution < 1.29 is 41.0 Å². The number of rotatable bonds is 13. The first-order valence-corrected chi connectivity index (χ1v) is 29.3. The lowest BCUT2D eigenvalue weighted by atomic mass is 10.3. The Balaban J connectivity index is 0.000000228. The minimum Gasteiger partial charge on any atom is -0.480 e. The second-order valence-corrected chi connectivity index (χ2v) is 30.1. The Kier molecular flexibility index (Phi) is 16.2. The van der Waals surface area contributed by atoms with E-state index in [4.69, 9.17) is 42.9 Å². The van der Waals surface area contributed by atoms with Crippen molar-refractivity contribution in [2.24, 2.45) is 5.14 Å². The molecule has 0 saturated heterocycles. The fourth-order valence-electron chi connectivity index (χ4n) is 4.48. The number of carboxylic acids is 1. The number of sulfonamides is 2. The number of amides is 1. The van der Waals surface area contributed by atoms with E-state index >= 15 is 0 Å². The number of primary sulfonamides is 1. The van der Waals surface area contributed by atoms with Gasteiger partial charge in [0.15, 0.2) is 11.6 Å². The summed E-state index contributed by atoms with van der Waals surface area (Å²) in [4.78, 5) is 31.6. The maximum absolute atomic E-state index is 12.4. The summed E-state index contributed by atoms with van der Waals surface area (Å²) in [5.74, 6) is -0.205. The summed E-state index contributed by atoms with van der Waals surface area (Å²) in [6, 6.07) is 24.8. The second-order valence-electron chi connectivity index (χ2n) is 15.3. The Morgan fingerprint density at radius 3 is 1.43 bits per heavy atom. The molecule has 0 radical (unpaired) electrons. The third-order valence-corrected chi connectivity index (χ3v) is 12.3. The topological polar surface area (TPSA) is 241 Å². The Morgan fingerprint density at radius 2 is 1.07 bits per heavy atom. The number of nitrogens with one attached hydrogen (secondary N) is 1. The Hall–Kier alpha value is -5.43. The van der Waals surface area contributed by atoms with E-state index in [9.17, 15) is 26.4 Å². The van der Waals surface area contributed by atoms with Crippen LogP contribution in [0, 0.1) is 0 Å². The molecule has 1 amide bonds. The minimum absolute atomic E-state index is 0.0264. The standard InChI is InChI=1S/C19H21ClN4O4SSi.C13H16ClN3O3Si.C6H7NO2S/c1-30(2,3)13-28-17-11-12-24(22-17)16-10-9-15(18(20)21-16)19(25)23-29(26,27)14-7-5-4-6-8-14;1-21(2,3)8-20-11-6-7-17(16-11)10-5-4-9(13(18)19)12(14)15-10;7-10(8,9)6-4-2-1-3-5-6/h4-12H,13H2,1-3H3,(H,23,25);4-7H,8H2,1-3H3,(H,18,19);1-5H,(H2,7,8,9). The third-order valence-electron chi connectivity index (χ3n) is 7.40. The van der Waals surface area contributed by atoms with Crippen LogP contribution in [0.1, 0.15) is 20.7 Å².